The van der Waals surface area contributed by atoms with Crippen molar-refractivity contribution in [2.75, 3.05) is 45.8 Å². The molecule has 15 heteroatoms. The maximum absolute atomic E-state index is 14.1. The van der Waals surface area contributed by atoms with E-state index in [9.17, 15) is 29.4 Å². The number of carboxylic acids is 1. The van der Waals surface area contributed by atoms with Crippen molar-refractivity contribution in [3.05, 3.63) is 46.5 Å². The van der Waals surface area contributed by atoms with Gasteiger partial charge in [-0.3, -0.25) is 19.7 Å². The van der Waals surface area contributed by atoms with Crippen molar-refractivity contribution in [2.24, 2.45) is 11.8 Å². The molecule has 3 saturated heterocycles. The molecule has 304 valence electrons. The minimum atomic E-state index is -1.80. The number of amides is 2. The second-order valence-electron chi connectivity index (χ2n) is 15.5. The van der Waals surface area contributed by atoms with E-state index in [4.69, 9.17) is 35.3 Å². The molecule has 0 unspecified atom stereocenters. The highest BCUT2D eigenvalue weighted by Gasteiger charge is 2.64. The average molecular weight is 790 g/mol. The molecule has 0 saturated carbocycles. The molecule has 3 fully saturated rings. The SMILES string of the molecule is COc1cc2cc(c1Cl)N(C)C(=O)C[C@H](OC(=O)CCCCCN1CCC(C(=O)O)CC1)[C@]1(C)O[C@H]1[C@H](C)[C@@H]1C[C@@](O)(NC(=O)O1)[C@H](OC)C=CC=C(C)C2. The lowest BCUT2D eigenvalue weighted by molar-refractivity contribution is -0.154. The Balaban J connectivity index is 1.36. The van der Waals surface area contributed by atoms with Gasteiger partial charge in [-0.15, -0.1) is 0 Å². The number of likely N-dealkylation sites (tertiary alicyclic amines) is 1. The standard InChI is InChI=1S/C40H56ClN3O11/c1-24-11-10-12-31(52-6)40(50)23-30(53-38(49)42-40)25(2)36-39(3,55-36)32(22-33(45)43(4)28-20-26(19-24)21-29(51-5)35(28)41)54-34(46)13-8-7-9-16-44-17-14-27(15-18-44)37(47)48/h10-12,20-21,25,27,30-32,36,50H,7-9,13-19,22-23H2,1-6H3,(H,42,49)(H,47,48)/t25-,30+,31-,32+,36+,39+,40+/m1/s1. The first kappa shape index (κ1) is 42.5. The van der Waals surface area contributed by atoms with E-state index >= 15 is 0 Å². The predicted octanol–water partition coefficient (Wildman–Crippen LogP) is 5.02. The minimum Gasteiger partial charge on any atom is -0.495 e. The van der Waals surface area contributed by atoms with Crippen molar-refractivity contribution in [3.63, 3.8) is 0 Å². The maximum Gasteiger partial charge on any atom is 0.409 e. The summed E-state index contributed by atoms with van der Waals surface area (Å²) in [5.41, 5.74) is -0.707. The fraction of sp³-hybridized carbons (Fsp3) is 0.650. The Morgan fingerprint density at radius 1 is 1.13 bits per heavy atom. The third-order valence-electron chi connectivity index (χ3n) is 11.5. The van der Waals surface area contributed by atoms with Gasteiger partial charge in [-0.2, -0.15) is 0 Å². The first-order chi connectivity index (χ1) is 26.1. The van der Waals surface area contributed by atoms with E-state index < -0.39 is 59.7 Å². The van der Waals surface area contributed by atoms with Crippen molar-refractivity contribution in [3.8, 4) is 5.75 Å². The van der Waals surface area contributed by atoms with Gasteiger partial charge < -0.3 is 43.7 Å². The predicted molar refractivity (Wildman–Crippen MR) is 204 cm³/mol. The molecular formula is C40H56ClN3O11. The van der Waals surface area contributed by atoms with Crippen LogP contribution in [0.25, 0.3) is 0 Å². The molecule has 4 bridgehead atoms. The maximum atomic E-state index is 14.1. The Labute approximate surface area is 328 Å². The number of allylic oxidation sites excluding steroid dienone is 3. The number of aliphatic carboxylic acids is 1. The summed E-state index contributed by atoms with van der Waals surface area (Å²) in [6, 6.07) is 3.63. The fourth-order valence-corrected chi connectivity index (χ4v) is 8.32. The number of esters is 1. The number of ether oxygens (including phenoxy) is 5. The van der Waals surface area contributed by atoms with Crippen LogP contribution in [0.15, 0.2) is 35.9 Å². The summed E-state index contributed by atoms with van der Waals surface area (Å²) in [5.74, 6) is -1.92. The van der Waals surface area contributed by atoms with Crippen LogP contribution in [-0.4, -0.2) is 116 Å². The van der Waals surface area contributed by atoms with Crippen LogP contribution < -0.4 is 15.0 Å². The molecule has 1 aromatic rings. The molecule has 1 aromatic carbocycles. The van der Waals surface area contributed by atoms with E-state index in [0.29, 0.717) is 37.1 Å². The number of hydrogen-bond acceptors (Lipinski definition) is 11. The lowest BCUT2D eigenvalue weighted by atomic mass is 9.83. The summed E-state index contributed by atoms with van der Waals surface area (Å²) >= 11 is 6.77. The molecule has 2 amide bonds. The average Bonchev–Trinajstić information content (AvgIpc) is 3.84. The van der Waals surface area contributed by atoms with Crippen LogP contribution >= 0.6 is 11.6 Å². The minimum absolute atomic E-state index is 0.0186. The number of anilines is 1. The van der Waals surface area contributed by atoms with E-state index in [1.165, 1.54) is 19.1 Å². The number of fused-ring (bicyclic) bond motifs is 5. The summed E-state index contributed by atoms with van der Waals surface area (Å²) in [6.07, 6.45) is 5.07. The number of unbranched alkanes of at least 4 members (excludes halogenated alkanes) is 2. The van der Waals surface area contributed by atoms with Gasteiger partial charge in [0.25, 0.3) is 0 Å². The number of piperidine rings is 1. The highest BCUT2D eigenvalue weighted by molar-refractivity contribution is 6.35. The number of alkyl carbamates (subject to hydrolysis) is 1. The first-order valence-electron chi connectivity index (χ1n) is 19.1. The van der Waals surface area contributed by atoms with Crippen molar-refractivity contribution in [1.29, 1.82) is 0 Å². The largest absolute Gasteiger partial charge is 0.495 e. The summed E-state index contributed by atoms with van der Waals surface area (Å²) < 4.78 is 29.3. The van der Waals surface area contributed by atoms with Gasteiger partial charge in [0.1, 0.15) is 34.7 Å². The Bertz CT molecular complexity index is 1650. The molecular weight excluding hydrogens is 734 g/mol. The number of hydrogen-bond donors (Lipinski definition) is 3. The zero-order valence-corrected chi connectivity index (χ0v) is 33.4. The van der Waals surface area contributed by atoms with E-state index in [1.54, 1.807) is 26.1 Å². The van der Waals surface area contributed by atoms with Crippen molar-refractivity contribution >= 4 is 41.2 Å². The van der Waals surface area contributed by atoms with Gasteiger partial charge in [0, 0.05) is 32.9 Å². The van der Waals surface area contributed by atoms with E-state index in [-0.39, 0.29) is 36.1 Å². The molecule has 4 heterocycles. The summed E-state index contributed by atoms with van der Waals surface area (Å²) in [5, 5.41) is 23.8. The Morgan fingerprint density at radius 3 is 2.53 bits per heavy atom. The van der Waals surface area contributed by atoms with Crippen LogP contribution in [0.1, 0.15) is 77.7 Å². The zero-order valence-electron chi connectivity index (χ0n) is 32.7. The smallest absolute Gasteiger partial charge is 0.409 e. The lowest BCUT2D eigenvalue weighted by Gasteiger charge is -2.42. The number of nitrogens with zero attached hydrogens (tertiary/aromatic N) is 2. The molecule has 0 aromatic heterocycles. The fourth-order valence-electron chi connectivity index (χ4n) is 8.01. The third kappa shape index (κ3) is 10.2. The summed E-state index contributed by atoms with van der Waals surface area (Å²) in [6.45, 7) is 7.88. The van der Waals surface area contributed by atoms with Crippen LogP contribution in [0.4, 0.5) is 10.5 Å². The number of carbonyl (C=O) groups excluding carboxylic acids is 3. The molecule has 0 aliphatic carbocycles. The molecule has 55 heavy (non-hydrogen) atoms. The van der Waals surface area contributed by atoms with Crippen LogP contribution in [-0.2, 0) is 39.8 Å². The number of carboxylic acid groups (broad SMARTS) is 1. The third-order valence-corrected chi connectivity index (χ3v) is 11.9. The van der Waals surface area contributed by atoms with Crippen LogP contribution in [0, 0.1) is 11.8 Å². The molecule has 4 aliphatic rings. The number of rotatable bonds is 10. The lowest BCUT2D eigenvalue weighted by Crippen LogP contribution is -2.63. The Morgan fingerprint density at radius 2 is 1.85 bits per heavy atom. The number of methoxy groups -OCH3 is 2. The van der Waals surface area contributed by atoms with Gasteiger partial charge in [-0.1, -0.05) is 48.7 Å². The molecule has 0 spiro atoms. The van der Waals surface area contributed by atoms with E-state index in [1.807, 2.05) is 32.1 Å². The van der Waals surface area contributed by atoms with Crippen molar-refractivity contribution in [1.82, 2.24) is 10.2 Å². The van der Waals surface area contributed by atoms with Gasteiger partial charge in [-0.05, 0) is 83.3 Å². The van der Waals surface area contributed by atoms with Gasteiger partial charge in [0.2, 0.25) is 5.91 Å². The number of benzene rings is 1. The van der Waals surface area contributed by atoms with Gasteiger partial charge in [0.05, 0.1) is 31.2 Å². The molecule has 5 rings (SSSR count). The summed E-state index contributed by atoms with van der Waals surface area (Å²) in [4.78, 5) is 55.3. The number of aliphatic hydroxyl groups is 1. The second kappa shape index (κ2) is 18.1. The van der Waals surface area contributed by atoms with Gasteiger partial charge in [-0.25, -0.2) is 4.79 Å². The van der Waals surface area contributed by atoms with E-state index in [0.717, 1.165) is 43.6 Å². The first-order valence-corrected chi connectivity index (χ1v) is 19.5. The zero-order chi connectivity index (χ0) is 40.1. The highest BCUT2D eigenvalue weighted by atomic mass is 35.5. The monoisotopic (exact) mass is 789 g/mol. The van der Waals surface area contributed by atoms with Crippen molar-refractivity contribution < 1.29 is 53.1 Å². The van der Waals surface area contributed by atoms with Crippen molar-refractivity contribution in [2.45, 2.75) is 114 Å². The molecule has 4 aliphatic heterocycles. The Hall–Kier alpha value is -3.69. The normalized spacial score (nSPS) is 30.8. The highest BCUT2D eigenvalue weighted by Crippen LogP contribution is 2.49. The number of carbonyl (C=O) groups is 4. The van der Waals surface area contributed by atoms with Crippen LogP contribution in [0.3, 0.4) is 0 Å². The molecule has 7 atom stereocenters. The Kier molecular flexibility index (Phi) is 13.9. The van der Waals surface area contributed by atoms with Gasteiger partial charge in [0.15, 0.2) is 5.72 Å². The van der Waals surface area contributed by atoms with Gasteiger partial charge >= 0.3 is 18.0 Å². The van der Waals surface area contributed by atoms with Crippen LogP contribution in [0.5, 0.6) is 5.75 Å². The number of epoxide rings is 1. The topological polar surface area (TPSA) is 177 Å². The van der Waals surface area contributed by atoms with Crippen LogP contribution in [0.2, 0.25) is 5.02 Å². The molecule has 0 radical (unpaired) electrons. The molecule has 14 nitrogen and oxygen atoms in total. The second-order valence-corrected chi connectivity index (χ2v) is 15.9. The number of nitrogens with one attached hydrogen (secondary N) is 1. The summed E-state index contributed by atoms with van der Waals surface area (Å²) in [7, 11) is 4.56. The van der Waals surface area contributed by atoms with E-state index in [2.05, 4.69) is 10.2 Å². The number of halogens is 1. The molecule has 3 N–H and O–H groups in total. The quantitative estimate of drug-likeness (QED) is 0.164.